The van der Waals surface area contributed by atoms with Crippen LogP contribution in [0.1, 0.15) is 47.1 Å². The Kier molecular flexibility index (Phi) is 11.4. The molecule has 1 aromatic carbocycles. The quantitative estimate of drug-likeness (QED) is 0.263. The van der Waals surface area contributed by atoms with Crippen LogP contribution in [0.5, 0.6) is 0 Å². The Labute approximate surface area is 195 Å². The largest absolute Gasteiger partial charge is 0.359 e. The average Bonchev–Trinajstić information content (AvgIpc) is 3.17. The van der Waals surface area contributed by atoms with Crippen LogP contribution in [0.2, 0.25) is 0 Å². The molecule has 0 spiro atoms. The van der Waals surface area contributed by atoms with Gasteiger partial charge in [0.25, 0.3) is 5.91 Å². The fourth-order valence-electron chi connectivity index (χ4n) is 2.58. The molecule has 0 atom stereocenters. The first-order valence-electron chi connectivity index (χ1n) is 9.81. The number of likely N-dealkylation sites (N-methyl/N-ethyl adjacent to an activating group) is 1. The molecule has 0 radical (unpaired) electrons. The summed E-state index contributed by atoms with van der Waals surface area (Å²) >= 11 is 0. The van der Waals surface area contributed by atoms with E-state index >= 15 is 0 Å². The van der Waals surface area contributed by atoms with Crippen molar-refractivity contribution in [2.45, 2.75) is 32.9 Å². The second-order valence-corrected chi connectivity index (χ2v) is 7.41. The lowest BCUT2D eigenvalue weighted by molar-refractivity contribution is 0.0951. The molecular formula is C21H33IN6O2. The Balaban J connectivity index is 0.00000450. The number of nitrogens with one attached hydrogen (secondary N) is 3. The lowest BCUT2D eigenvalue weighted by Gasteiger charge is -2.12. The number of nitrogens with zero attached hydrogens (tertiary/aromatic N) is 3. The lowest BCUT2D eigenvalue weighted by Crippen LogP contribution is -2.36. The molecule has 3 N–H and O–H groups in total. The number of guanidine groups is 1. The molecule has 0 bridgehead atoms. The number of benzene rings is 1. The van der Waals surface area contributed by atoms with E-state index < -0.39 is 0 Å². The summed E-state index contributed by atoms with van der Waals surface area (Å²) in [6.45, 7) is 6.61. The Morgan fingerprint density at radius 3 is 2.53 bits per heavy atom. The van der Waals surface area contributed by atoms with Crippen LogP contribution < -0.4 is 16.0 Å². The number of hydrogen-bond acceptors (Lipinski definition) is 5. The van der Waals surface area contributed by atoms with Crippen molar-refractivity contribution in [3.8, 4) is 0 Å². The highest BCUT2D eigenvalue weighted by Crippen LogP contribution is 2.13. The standard InChI is InChI=1S/C21H32N6O2.HI/c1-15(2)19-12-18(29-26-19)14-25-21(22-3)24-13-16-7-6-8-17(11-16)20(28)23-9-10-27(4)5;/h6-8,11-12,15H,9-10,13-14H2,1-5H3,(H,23,28)(H2,22,24,25);1H. The normalized spacial score (nSPS) is 11.4. The van der Waals surface area contributed by atoms with Crippen molar-refractivity contribution in [1.82, 2.24) is 26.0 Å². The van der Waals surface area contributed by atoms with E-state index in [1.807, 2.05) is 49.3 Å². The third kappa shape index (κ3) is 8.70. The predicted molar refractivity (Wildman–Crippen MR) is 130 cm³/mol. The van der Waals surface area contributed by atoms with Gasteiger partial charge in [0.05, 0.1) is 12.2 Å². The van der Waals surface area contributed by atoms with Gasteiger partial charge in [-0.15, -0.1) is 24.0 Å². The molecule has 1 amide bonds. The highest BCUT2D eigenvalue weighted by molar-refractivity contribution is 14.0. The van der Waals surface area contributed by atoms with Gasteiger partial charge in [0.1, 0.15) is 0 Å². The Hall–Kier alpha value is -2.14. The molecule has 0 aliphatic rings. The smallest absolute Gasteiger partial charge is 0.251 e. The monoisotopic (exact) mass is 528 g/mol. The third-order valence-electron chi connectivity index (χ3n) is 4.32. The first-order chi connectivity index (χ1) is 13.9. The molecule has 0 aliphatic heterocycles. The van der Waals surface area contributed by atoms with E-state index in [0.29, 0.717) is 37.1 Å². The molecule has 8 nitrogen and oxygen atoms in total. The molecule has 2 aromatic rings. The zero-order valence-corrected chi connectivity index (χ0v) is 20.7. The van der Waals surface area contributed by atoms with Crippen molar-refractivity contribution >= 4 is 35.8 Å². The van der Waals surface area contributed by atoms with Gasteiger partial charge in [0.2, 0.25) is 0 Å². The van der Waals surface area contributed by atoms with E-state index in [-0.39, 0.29) is 29.9 Å². The first-order valence-corrected chi connectivity index (χ1v) is 9.81. The number of halogens is 1. The van der Waals surface area contributed by atoms with Crippen molar-refractivity contribution in [2.24, 2.45) is 4.99 Å². The zero-order valence-electron chi connectivity index (χ0n) is 18.4. The second-order valence-electron chi connectivity index (χ2n) is 7.41. The van der Waals surface area contributed by atoms with Gasteiger partial charge >= 0.3 is 0 Å². The number of carbonyl (C=O) groups is 1. The van der Waals surface area contributed by atoms with Gasteiger partial charge in [0.15, 0.2) is 11.7 Å². The summed E-state index contributed by atoms with van der Waals surface area (Å²) in [5, 5.41) is 13.4. The Morgan fingerprint density at radius 2 is 1.90 bits per heavy atom. The Morgan fingerprint density at radius 1 is 1.17 bits per heavy atom. The molecule has 0 saturated heterocycles. The van der Waals surface area contributed by atoms with Crippen molar-refractivity contribution < 1.29 is 9.32 Å². The van der Waals surface area contributed by atoms with Gasteiger partial charge in [-0.05, 0) is 37.7 Å². The molecular weight excluding hydrogens is 495 g/mol. The van der Waals surface area contributed by atoms with Crippen molar-refractivity contribution in [3.63, 3.8) is 0 Å². The summed E-state index contributed by atoms with van der Waals surface area (Å²) in [5.41, 5.74) is 2.58. The van der Waals surface area contributed by atoms with Crippen LogP contribution in [0.25, 0.3) is 0 Å². The number of aromatic nitrogens is 1. The minimum absolute atomic E-state index is 0. The van der Waals surface area contributed by atoms with Gasteiger partial charge in [-0.1, -0.05) is 31.1 Å². The van der Waals surface area contributed by atoms with Crippen LogP contribution in [-0.2, 0) is 13.1 Å². The van der Waals surface area contributed by atoms with Crippen LogP contribution in [0, 0.1) is 0 Å². The van der Waals surface area contributed by atoms with Crippen molar-refractivity contribution in [3.05, 3.63) is 52.9 Å². The lowest BCUT2D eigenvalue weighted by atomic mass is 10.1. The molecule has 1 aromatic heterocycles. The van der Waals surface area contributed by atoms with E-state index in [9.17, 15) is 4.79 Å². The maximum Gasteiger partial charge on any atom is 0.251 e. The topological polar surface area (TPSA) is 94.8 Å². The number of rotatable bonds is 9. The minimum atomic E-state index is -0.0671. The van der Waals surface area contributed by atoms with Crippen LogP contribution in [0.3, 0.4) is 0 Å². The zero-order chi connectivity index (χ0) is 21.2. The molecule has 0 aliphatic carbocycles. The number of carbonyl (C=O) groups excluding carboxylic acids is 1. The summed E-state index contributed by atoms with van der Waals surface area (Å²) in [7, 11) is 5.67. The van der Waals surface area contributed by atoms with Crippen LogP contribution in [0.15, 0.2) is 39.8 Å². The summed E-state index contributed by atoms with van der Waals surface area (Å²) in [6.07, 6.45) is 0. The maximum absolute atomic E-state index is 12.3. The molecule has 0 saturated carbocycles. The van der Waals surface area contributed by atoms with E-state index in [0.717, 1.165) is 23.6 Å². The SMILES string of the molecule is CN=C(NCc1cccc(C(=O)NCCN(C)C)c1)NCc1cc(C(C)C)no1.I. The molecule has 30 heavy (non-hydrogen) atoms. The maximum atomic E-state index is 12.3. The van der Waals surface area contributed by atoms with Crippen LogP contribution in [0.4, 0.5) is 0 Å². The predicted octanol–water partition coefficient (Wildman–Crippen LogP) is 2.57. The average molecular weight is 528 g/mol. The summed E-state index contributed by atoms with van der Waals surface area (Å²) in [5.74, 6) is 1.67. The summed E-state index contributed by atoms with van der Waals surface area (Å²) < 4.78 is 5.33. The van der Waals surface area contributed by atoms with E-state index in [1.165, 1.54) is 0 Å². The fourth-order valence-corrected chi connectivity index (χ4v) is 2.58. The number of amides is 1. The van der Waals surface area contributed by atoms with E-state index in [4.69, 9.17) is 4.52 Å². The van der Waals surface area contributed by atoms with Gasteiger partial charge in [-0.2, -0.15) is 0 Å². The van der Waals surface area contributed by atoms with Gasteiger partial charge in [0, 0.05) is 38.3 Å². The number of aliphatic imine (C=N–C) groups is 1. The highest BCUT2D eigenvalue weighted by atomic mass is 127. The fraction of sp³-hybridized carbons (Fsp3) is 0.476. The molecule has 2 rings (SSSR count). The third-order valence-corrected chi connectivity index (χ3v) is 4.32. The van der Waals surface area contributed by atoms with Gasteiger partial charge < -0.3 is 25.4 Å². The van der Waals surface area contributed by atoms with Crippen molar-refractivity contribution in [2.75, 3.05) is 34.2 Å². The molecule has 0 unspecified atom stereocenters. The molecule has 166 valence electrons. The Bertz CT molecular complexity index is 819. The first kappa shape index (κ1) is 25.9. The van der Waals surface area contributed by atoms with Crippen molar-refractivity contribution in [1.29, 1.82) is 0 Å². The molecule has 9 heteroatoms. The minimum Gasteiger partial charge on any atom is -0.359 e. The number of hydrogen-bond donors (Lipinski definition) is 3. The second kappa shape index (κ2) is 13.2. The highest BCUT2D eigenvalue weighted by Gasteiger charge is 2.09. The van der Waals surface area contributed by atoms with Crippen LogP contribution in [-0.4, -0.2) is 56.2 Å². The van der Waals surface area contributed by atoms with E-state index in [1.54, 1.807) is 7.05 Å². The van der Waals surface area contributed by atoms with E-state index in [2.05, 4.69) is 39.9 Å². The molecule has 1 heterocycles. The molecule has 0 fully saturated rings. The van der Waals surface area contributed by atoms with Crippen LogP contribution >= 0.6 is 24.0 Å². The van der Waals surface area contributed by atoms with Gasteiger partial charge in [-0.3, -0.25) is 9.79 Å². The summed E-state index contributed by atoms with van der Waals surface area (Å²) in [4.78, 5) is 18.5. The van der Waals surface area contributed by atoms with Gasteiger partial charge in [-0.25, -0.2) is 0 Å². The summed E-state index contributed by atoms with van der Waals surface area (Å²) in [6, 6.07) is 9.51.